The summed E-state index contributed by atoms with van der Waals surface area (Å²) in [4.78, 5) is 15.1. The number of ketones is 1. The molecule has 208 valence electrons. The van der Waals surface area contributed by atoms with Crippen LogP contribution in [0.2, 0.25) is 0 Å². The standard InChI is InChI=1S/C28H27F5N2O3S/c1-4-10-34(3)11-5-12-39(37,38)35-17-22(14-20-6-8-25(29)19(2)13-20)27(36)23(18-35)15-21-7-9-26(30)24(16-21)28(31,32)33/h1,6-9,13-16H,5,10-12,17-18H2,2-3H3/b22-14+,23-15+. The van der Waals surface area contributed by atoms with E-state index in [1.807, 2.05) is 0 Å². The Morgan fingerprint density at radius 1 is 1.03 bits per heavy atom. The number of rotatable bonds is 8. The van der Waals surface area contributed by atoms with Gasteiger partial charge in [0.15, 0.2) is 5.78 Å². The van der Waals surface area contributed by atoms with Gasteiger partial charge in [-0.25, -0.2) is 17.2 Å². The van der Waals surface area contributed by atoms with Gasteiger partial charge in [0.1, 0.15) is 11.6 Å². The molecule has 0 aliphatic carbocycles. The van der Waals surface area contributed by atoms with Crippen LogP contribution in [0.4, 0.5) is 22.0 Å². The molecule has 0 bridgehead atoms. The topological polar surface area (TPSA) is 57.7 Å². The number of piperidine rings is 1. The van der Waals surface area contributed by atoms with Gasteiger partial charge in [-0.3, -0.25) is 9.69 Å². The van der Waals surface area contributed by atoms with Crippen molar-refractivity contribution in [3.63, 3.8) is 0 Å². The molecule has 2 aromatic carbocycles. The third-order valence-electron chi connectivity index (χ3n) is 6.13. The summed E-state index contributed by atoms with van der Waals surface area (Å²) >= 11 is 0. The van der Waals surface area contributed by atoms with E-state index in [0.717, 1.165) is 16.4 Å². The molecule has 1 aliphatic rings. The van der Waals surface area contributed by atoms with Gasteiger partial charge in [0, 0.05) is 24.2 Å². The molecule has 0 aromatic heterocycles. The zero-order valence-electron chi connectivity index (χ0n) is 21.4. The molecule has 5 nitrogen and oxygen atoms in total. The van der Waals surface area contributed by atoms with Crippen molar-refractivity contribution in [2.75, 3.05) is 39.0 Å². The number of hydrogen-bond acceptors (Lipinski definition) is 4. The van der Waals surface area contributed by atoms with Crippen molar-refractivity contribution in [2.45, 2.75) is 19.5 Å². The zero-order chi connectivity index (χ0) is 29.0. The minimum Gasteiger partial charge on any atom is -0.295 e. The smallest absolute Gasteiger partial charge is 0.295 e. The van der Waals surface area contributed by atoms with Gasteiger partial charge in [-0.2, -0.15) is 17.5 Å². The van der Waals surface area contributed by atoms with Gasteiger partial charge in [0.2, 0.25) is 10.0 Å². The number of benzene rings is 2. The van der Waals surface area contributed by atoms with Crippen LogP contribution < -0.4 is 0 Å². The second-order valence-electron chi connectivity index (χ2n) is 9.29. The molecule has 0 spiro atoms. The summed E-state index contributed by atoms with van der Waals surface area (Å²) in [5, 5.41) is 0. The Hall–Kier alpha value is -3.33. The fraction of sp³-hybridized carbons (Fsp3) is 0.321. The summed E-state index contributed by atoms with van der Waals surface area (Å²) in [5.74, 6) is -0.283. The first-order valence-electron chi connectivity index (χ1n) is 11.9. The third-order valence-corrected chi connectivity index (χ3v) is 7.98. The van der Waals surface area contributed by atoms with E-state index in [4.69, 9.17) is 6.42 Å². The molecule has 0 N–H and O–H groups in total. The molecule has 0 atom stereocenters. The molecule has 0 unspecified atom stereocenters. The minimum absolute atomic E-state index is 0.0599. The lowest BCUT2D eigenvalue weighted by Crippen LogP contribution is -2.43. The van der Waals surface area contributed by atoms with Gasteiger partial charge in [0.25, 0.3) is 0 Å². The largest absolute Gasteiger partial charge is 0.419 e. The predicted octanol–water partition coefficient (Wildman–Crippen LogP) is 4.93. The van der Waals surface area contributed by atoms with Crippen molar-refractivity contribution >= 4 is 28.0 Å². The molecule has 1 fully saturated rings. The van der Waals surface area contributed by atoms with Crippen molar-refractivity contribution in [3.05, 3.63) is 81.4 Å². The van der Waals surface area contributed by atoms with Crippen LogP contribution >= 0.6 is 0 Å². The quantitative estimate of drug-likeness (QED) is 0.259. The maximum absolute atomic E-state index is 13.8. The molecule has 0 amide bonds. The highest BCUT2D eigenvalue weighted by Gasteiger charge is 2.35. The van der Waals surface area contributed by atoms with E-state index in [2.05, 4.69) is 5.92 Å². The summed E-state index contributed by atoms with van der Waals surface area (Å²) in [5.41, 5.74) is -0.871. The lowest BCUT2D eigenvalue weighted by Gasteiger charge is -2.29. The number of sulfonamides is 1. The number of aryl methyl sites for hydroxylation is 1. The highest BCUT2D eigenvalue weighted by molar-refractivity contribution is 7.89. The summed E-state index contributed by atoms with van der Waals surface area (Å²) in [7, 11) is -2.15. The summed E-state index contributed by atoms with van der Waals surface area (Å²) < 4.78 is 94.7. The van der Waals surface area contributed by atoms with Crippen LogP contribution in [-0.4, -0.2) is 62.4 Å². The number of carbonyl (C=O) groups excluding carboxylic acids is 1. The van der Waals surface area contributed by atoms with Crippen LogP contribution in [0.15, 0.2) is 47.5 Å². The zero-order valence-corrected chi connectivity index (χ0v) is 22.2. The summed E-state index contributed by atoms with van der Waals surface area (Å²) in [6.07, 6.45) is 3.12. The first-order valence-corrected chi connectivity index (χ1v) is 13.5. The van der Waals surface area contributed by atoms with Crippen LogP contribution in [0.3, 0.4) is 0 Å². The number of halogens is 5. The minimum atomic E-state index is -4.96. The number of terminal acetylenes is 1. The van der Waals surface area contributed by atoms with Crippen LogP contribution in [0.5, 0.6) is 0 Å². The molecular formula is C28H27F5N2O3S. The molecule has 1 heterocycles. The van der Waals surface area contributed by atoms with Gasteiger partial charge >= 0.3 is 6.18 Å². The van der Waals surface area contributed by atoms with Crippen molar-refractivity contribution in [2.24, 2.45) is 0 Å². The van der Waals surface area contributed by atoms with Gasteiger partial charge in [-0.05, 0) is 80.0 Å². The van der Waals surface area contributed by atoms with Crippen LogP contribution in [0.1, 0.15) is 28.7 Å². The van der Waals surface area contributed by atoms with Gasteiger partial charge in [0.05, 0.1) is 17.9 Å². The fourth-order valence-corrected chi connectivity index (χ4v) is 5.52. The second-order valence-corrected chi connectivity index (χ2v) is 11.4. The van der Waals surface area contributed by atoms with Gasteiger partial charge in [-0.1, -0.05) is 18.1 Å². The number of carbonyl (C=O) groups is 1. The van der Waals surface area contributed by atoms with E-state index < -0.39 is 39.2 Å². The number of alkyl halides is 3. The molecule has 11 heteroatoms. The fourth-order valence-electron chi connectivity index (χ4n) is 4.10. The van der Waals surface area contributed by atoms with Gasteiger partial charge in [-0.15, -0.1) is 6.42 Å². The lowest BCUT2D eigenvalue weighted by molar-refractivity contribution is -0.140. The number of hydrogen-bond donors (Lipinski definition) is 0. The summed E-state index contributed by atoms with van der Waals surface area (Å²) in [6.45, 7) is 1.64. The normalized spacial score (nSPS) is 17.3. The molecule has 39 heavy (non-hydrogen) atoms. The van der Waals surface area contributed by atoms with Crippen LogP contribution in [-0.2, 0) is 21.0 Å². The molecule has 1 saturated heterocycles. The monoisotopic (exact) mass is 566 g/mol. The molecule has 0 saturated carbocycles. The average molecular weight is 567 g/mol. The molecule has 2 aromatic rings. The van der Waals surface area contributed by atoms with E-state index in [1.54, 1.807) is 11.9 Å². The molecule has 3 rings (SSSR count). The van der Waals surface area contributed by atoms with Gasteiger partial charge < -0.3 is 0 Å². The van der Waals surface area contributed by atoms with Crippen LogP contribution in [0, 0.1) is 30.9 Å². The lowest BCUT2D eigenvalue weighted by atomic mass is 9.95. The maximum Gasteiger partial charge on any atom is 0.419 e. The highest BCUT2D eigenvalue weighted by atomic mass is 32.2. The van der Waals surface area contributed by atoms with Crippen molar-refractivity contribution in [3.8, 4) is 12.3 Å². The Labute approximate surface area is 224 Å². The highest BCUT2D eigenvalue weighted by Crippen LogP contribution is 2.33. The van der Waals surface area contributed by atoms with Crippen molar-refractivity contribution in [1.29, 1.82) is 0 Å². The molecular weight excluding hydrogens is 539 g/mol. The Bertz CT molecular complexity index is 1460. The van der Waals surface area contributed by atoms with E-state index in [-0.39, 0.29) is 42.0 Å². The summed E-state index contributed by atoms with van der Waals surface area (Å²) in [6, 6.07) is 6.41. The Morgan fingerprint density at radius 2 is 1.59 bits per heavy atom. The van der Waals surface area contributed by atoms with E-state index in [9.17, 15) is 35.2 Å². The van der Waals surface area contributed by atoms with Crippen LogP contribution in [0.25, 0.3) is 12.2 Å². The van der Waals surface area contributed by atoms with Crippen molar-refractivity contribution < 1.29 is 35.2 Å². The van der Waals surface area contributed by atoms with Crippen molar-refractivity contribution in [1.82, 2.24) is 9.21 Å². The molecule has 0 radical (unpaired) electrons. The Kier molecular flexibility index (Phi) is 9.48. The van der Waals surface area contributed by atoms with E-state index >= 15 is 0 Å². The second kappa shape index (κ2) is 12.2. The first-order chi connectivity index (χ1) is 18.2. The van der Waals surface area contributed by atoms with E-state index in [1.165, 1.54) is 31.2 Å². The Morgan fingerprint density at radius 3 is 2.13 bits per heavy atom. The molecule has 1 aliphatic heterocycles. The number of nitrogens with zero attached hydrogens (tertiary/aromatic N) is 2. The van der Waals surface area contributed by atoms with E-state index in [0.29, 0.717) is 36.3 Å². The first kappa shape index (κ1) is 30.2. The third kappa shape index (κ3) is 7.85. The SMILES string of the molecule is C#CCN(C)CCCS(=O)(=O)N1C/C(=C\c2ccc(F)c(C)c2)C(=O)/C(=C/c2ccc(F)c(C(F)(F)F)c2)C1. The predicted molar refractivity (Wildman–Crippen MR) is 140 cm³/mol. The Balaban J connectivity index is 2.00. The average Bonchev–Trinajstić information content (AvgIpc) is 2.84. The maximum atomic E-state index is 13.8. The number of Topliss-reactive ketones (excluding diaryl/α,β-unsaturated/α-hetero) is 1.